The molecule has 0 spiro atoms. The van der Waals surface area contributed by atoms with Gasteiger partial charge in [-0.05, 0) is 49.2 Å². The molecular weight excluding hydrogens is 314 g/mol. The molecule has 3 rings (SSSR count). The van der Waals surface area contributed by atoms with Gasteiger partial charge < -0.3 is 9.47 Å². The van der Waals surface area contributed by atoms with Crippen LogP contribution < -0.4 is 9.47 Å². The van der Waals surface area contributed by atoms with Crippen LogP contribution in [0.4, 0.5) is 0 Å². The molecule has 2 aromatic carbocycles. The molecule has 1 aliphatic heterocycles. The van der Waals surface area contributed by atoms with Crippen molar-refractivity contribution in [2.45, 2.75) is 25.8 Å². The first-order valence-corrected chi connectivity index (χ1v) is 8.78. The minimum atomic E-state index is 0.671. The molecule has 1 fully saturated rings. The van der Waals surface area contributed by atoms with E-state index in [1.807, 2.05) is 24.3 Å². The van der Waals surface area contributed by atoms with E-state index in [1.54, 1.807) is 14.2 Å². The number of hydrogen-bond acceptors (Lipinski definition) is 4. The van der Waals surface area contributed by atoms with Crippen LogP contribution in [0, 0.1) is 0 Å². The molecule has 0 radical (unpaired) electrons. The Kier molecular flexibility index (Phi) is 5.71. The van der Waals surface area contributed by atoms with Gasteiger partial charge >= 0.3 is 0 Å². The highest BCUT2D eigenvalue weighted by Crippen LogP contribution is 2.36. The fourth-order valence-corrected chi connectivity index (χ4v) is 3.40. The lowest BCUT2D eigenvalue weighted by Gasteiger charge is -2.28. The number of rotatable bonds is 6. The summed E-state index contributed by atoms with van der Waals surface area (Å²) in [5.41, 5.74) is 3.82. The van der Waals surface area contributed by atoms with E-state index in [9.17, 15) is 4.79 Å². The highest BCUT2D eigenvalue weighted by atomic mass is 16.5. The Balaban J connectivity index is 1.94. The third-order valence-corrected chi connectivity index (χ3v) is 4.82. The monoisotopic (exact) mass is 339 g/mol. The average molecular weight is 339 g/mol. The van der Waals surface area contributed by atoms with Crippen molar-refractivity contribution >= 4 is 6.29 Å². The van der Waals surface area contributed by atoms with Gasteiger partial charge in [-0.1, -0.05) is 30.7 Å². The smallest absolute Gasteiger partial charge is 0.150 e. The van der Waals surface area contributed by atoms with Crippen molar-refractivity contribution in [2.24, 2.45) is 0 Å². The lowest BCUT2D eigenvalue weighted by Crippen LogP contribution is -2.29. The molecule has 0 atom stereocenters. The van der Waals surface area contributed by atoms with E-state index in [-0.39, 0.29) is 0 Å². The van der Waals surface area contributed by atoms with E-state index in [2.05, 4.69) is 17.0 Å². The van der Waals surface area contributed by atoms with E-state index >= 15 is 0 Å². The van der Waals surface area contributed by atoms with E-state index in [4.69, 9.17) is 9.47 Å². The lowest BCUT2D eigenvalue weighted by atomic mass is 10.00. The van der Waals surface area contributed by atoms with Crippen LogP contribution in [0.5, 0.6) is 11.5 Å². The number of piperidine rings is 1. The maximum atomic E-state index is 10.8. The molecule has 0 saturated carbocycles. The summed E-state index contributed by atoms with van der Waals surface area (Å²) in [5, 5.41) is 0. The van der Waals surface area contributed by atoms with Gasteiger partial charge in [-0.2, -0.15) is 0 Å². The lowest BCUT2D eigenvalue weighted by molar-refractivity contribution is 0.112. The van der Waals surface area contributed by atoms with Gasteiger partial charge in [-0.15, -0.1) is 0 Å². The van der Waals surface area contributed by atoms with Gasteiger partial charge in [0, 0.05) is 12.1 Å². The third-order valence-electron chi connectivity index (χ3n) is 4.82. The molecule has 1 heterocycles. The van der Waals surface area contributed by atoms with Crippen molar-refractivity contribution in [3.63, 3.8) is 0 Å². The van der Waals surface area contributed by atoms with Crippen LogP contribution >= 0.6 is 0 Å². The number of aldehydes is 1. The predicted octanol–water partition coefficient (Wildman–Crippen LogP) is 4.17. The standard InChI is InChI=1S/C21H25NO3/c1-24-20-12-18(17-8-6-16(15-23)7-9-17)13-21(25-2)19(20)14-22-10-4-3-5-11-22/h6-9,12-13,15H,3-5,10-11,14H2,1-2H3. The second-order valence-corrected chi connectivity index (χ2v) is 6.44. The van der Waals surface area contributed by atoms with Gasteiger partial charge in [0.2, 0.25) is 0 Å². The topological polar surface area (TPSA) is 38.8 Å². The van der Waals surface area contributed by atoms with Gasteiger partial charge in [0.25, 0.3) is 0 Å². The maximum Gasteiger partial charge on any atom is 0.150 e. The number of carbonyl (C=O) groups is 1. The second kappa shape index (κ2) is 8.17. The van der Waals surface area contributed by atoms with E-state index in [1.165, 1.54) is 19.3 Å². The summed E-state index contributed by atoms with van der Waals surface area (Å²) >= 11 is 0. The number of nitrogens with zero attached hydrogens (tertiary/aromatic N) is 1. The normalized spacial score (nSPS) is 15.0. The molecule has 132 valence electrons. The SMILES string of the molecule is COc1cc(-c2ccc(C=O)cc2)cc(OC)c1CN1CCCCC1. The fraction of sp³-hybridized carbons (Fsp3) is 0.381. The highest BCUT2D eigenvalue weighted by Gasteiger charge is 2.18. The molecule has 1 aliphatic rings. The van der Waals surface area contributed by atoms with Crippen molar-refractivity contribution in [1.82, 2.24) is 4.90 Å². The largest absolute Gasteiger partial charge is 0.496 e. The molecule has 0 aliphatic carbocycles. The molecule has 0 aromatic heterocycles. The summed E-state index contributed by atoms with van der Waals surface area (Å²) in [6.45, 7) is 3.10. The van der Waals surface area contributed by atoms with Crippen molar-refractivity contribution in [3.05, 3.63) is 47.5 Å². The minimum absolute atomic E-state index is 0.671. The summed E-state index contributed by atoms with van der Waals surface area (Å²) in [5.74, 6) is 1.69. The molecule has 4 nitrogen and oxygen atoms in total. The zero-order valence-corrected chi connectivity index (χ0v) is 15.0. The summed E-state index contributed by atoms with van der Waals surface area (Å²) in [6, 6.07) is 11.6. The summed E-state index contributed by atoms with van der Waals surface area (Å²) in [6.07, 6.45) is 4.69. The van der Waals surface area contributed by atoms with Gasteiger partial charge in [0.15, 0.2) is 0 Å². The zero-order valence-electron chi connectivity index (χ0n) is 15.0. The van der Waals surface area contributed by atoms with E-state index in [0.29, 0.717) is 5.56 Å². The highest BCUT2D eigenvalue weighted by molar-refractivity contribution is 5.77. The molecule has 0 bridgehead atoms. The van der Waals surface area contributed by atoms with Crippen LogP contribution in [-0.4, -0.2) is 38.5 Å². The Morgan fingerprint density at radius 2 is 1.52 bits per heavy atom. The zero-order chi connectivity index (χ0) is 17.6. The summed E-state index contributed by atoms with van der Waals surface area (Å²) in [4.78, 5) is 13.3. The molecule has 25 heavy (non-hydrogen) atoms. The minimum Gasteiger partial charge on any atom is -0.496 e. The van der Waals surface area contributed by atoms with Crippen molar-refractivity contribution < 1.29 is 14.3 Å². The summed E-state index contributed by atoms with van der Waals surface area (Å²) in [7, 11) is 3.40. The van der Waals surface area contributed by atoms with E-state index < -0.39 is 0 Å². The average Bonchev–Trinajstić information content (AvgIpc) is 2.69. The van der Waals surface area contributed by atoms with Crippen LogP contribution in [0.3, 0.4) is 0 Å². The Morgan fingerprint density at radius 3 is 2.04 bits per heavy atom. The number of carbonyl (C=O) groups excluding carboxylic acids is 1. The molecule has 0 N–H and O–H groups in total. The van der Waals surface area contributed by atoms with Gasteiger partial charge in [0.05, 0.1) is 19.8 Å². The first-order chi connectivity index (χ1) is 12.2. The quantitative estimate of drug-likeness (QED) is 0.741. The first kappa shape index (κ1) is 17.5. The number of likely N-dealkylation sites (tertiary alicyclic amines) is 1. The second-order valence-electron chi connectivity index (χ2n) is 6.44. The Morgan fingerprint density at radius 1 is 0.920 bits per heavy atom. The fourth-order valence-electron chi connectivity index (χ4n) is 3.40. The van der Waals surface area contributed by atoms with Crippen LogP contribution in [0.2, 0.25) is 0 Å². The Bertz CT molecular complexity index is 693. The Hall–Kier alpha value is -2.33. The molecule has 4 heteroatoms. The van der Waals surface area contributed by atoms with Crippen LogP contribution in [0.15, 0.2) is 36.4 Å². The van der Waals surface area contributed by atoms with Gasteiger partial charge in [-0.25, -0.2) is 0 Å². The number of hydrogen-bond donors (Lipinski definition) is 0. The van der Waals surface area contributed by atoms with Crippen LogP contribution in [0.1, 0.15) is 35.2 Å². The molecule has 1 saturated heterocycles. The van der Waals surface area contributed by atoms with Gasteiger partial charge in [-0.3, -0.25) is 9.69 Å². The van der Waals surface area contributed by atoms with Crippen molar-refractivity contribution in [1.29, 1.82) is 0 Å². The maximum absolute atomic E-state index is 10.8. The number of methoxy groups -OCH3 is 2. The van der Waals surface area contributed by atoms with Gasteiger partial charge in [0.1, 0.15) is 17.8 Å². The van der Waals surface area contributed by atoms with Crippen molar-refractivity contribution in [2.75, 3.05) is 27.3 Å². The van der Waals surface area contributed by atoms with Crippen LogP contribution in [0.25, 0.3) is 11.1 Å². The summed E-state index contributed by atoms with van der Waals surface area (Å²) < 4.78 is 11.3. The van der Waals surface area contributed by atoms with Crippen molar-refractivity contribution in [3.8, 4) is 22.6 Å². The molecular formula is C21H25NO3. The molecule has 0 amide bonds. The number of ether oxygens (including phenoxy) is 2. The Labute approximate surface area is 149 Å². The van der Waals surface area contributed by atoms with Crippen LogP contribution in [-0.2, 0) is 6.54 Å². The number of benzene rings is 2. The predicted molar refractivity (Wildman–Crippen MR) is 99.5 cm³/mol. The van der Waals surface area contributed by atoms with E-state index in [0.717, 1.165) is 54.1 Å². The third kappa shape index (κ3) is 4.02. The molecule has 0 unspecified atom stereocenters. The first-order valence-electron chi connectivity index (χ1n) is 8.78. The molecule has 2 aromatic rings.